The van der Waals surface area contributed by atoms with E-state index in [0.717, 1.165) is 0 Å². The van der Waals surface area contributed by atoms with Crippen molar-refractivity contribution in [1.29, 1.82) is 5.26 Å². The largest absolute Gasteiger partial charge is 0.491 e. The number of benzene rings is 1. The van der Waals surface area contributed by atoms with Crippen molar-refractivity contribution in [3.63, 3.8) is 0 Å². The van der Waals surface area contributed by atoms with Gasteiger partial charge in [-0.05, 0) is 49.8 Å². The number of pyridine rings is 1. The van der Waals surface area contributed by atoms with Crippen LogP contribution in [0.15, 0.2) is 30.5 Å². The average molecular weight is 362 g/mol. The van der Waals surface area contributed by atoms with E-state index in [2.05, 4.69) is 15.6 Å². The molecule has 0 radical (unpaired) electrons. The number of hydrogen-bond acceptors (Lipinski definition) is 4. The van der Waals surface area contributed by atoms with Gasteiger partial charge in [-0.25, -0.2) is 13.8 Å². The first-order valence-electron chi connectivity index (χ1n) is 7.56. The number of ether oxygens (including phenoxy) is 1. The molecule has 1 aromatic heterocycles. The predicted molar refractivity (Wildman–Crippen MR) is 94.4 cm³/mol. The lowest BCUT2D eigenvalue weighted by Gasteiger charge is -2.12. The van der Waals surface area contributed by atoms with Crippen molar-refractivity contribution in [3.8, 4) is 11.8 Å². The fourth-order valence-electron chi connectivity index (χ4n) is 2.12. The van der Waals surface area contributed by atoms with Crippen LogP contribution in [0.1, 0.15) is 18.1 Å². The number of thiocarbonyl (C=S) groups is 1. The molecule has 0 saturated heterocycles. The van der Waals surface area contributed by atoms with Crippen LogP contribution < -0.4 is 15.4 Å². The van der Waals surface area contributed by atoms with E-state index in [-0.39, 0.29) is 29.4 Å². The summed E-state index contributed by atoms with van der Waals surface area (Å²) in [7, 11) is 0. The molecule has 0 aliphatic rings. The van der Waals surface area contributed by atoms with Gasteiger partial charge in [-0.2, -0.15) is 5.26 Å². The normalized spacial score (nSPS) is 10.0. The average Bonchev–Trinajstić information content (AvgIpc) is 2.61. The number of hydrogen-bond donors (Lipinski definition) is 2. The summed E-state index contributed by atoms with van der Waals surface area (Å²) in [5.74, 6) is -1.01. The summed E-state index contributed by atoms with van der Waals surface area (Å²) in [6.07, 6.45) is 1.60. The van der Waals surface area contributed by atoms with Crippen molar-refractivity contribution in [2.24, 2.45) is 0 Å². The zero-order chi connectivity index (χ0) is 18.2. The highest BCUT2D eigenvalue weighted by Crippen LogP contribution is 2.23. The van der Waals surface area contributed by atoms with Crippen LogP contribution in [0.5, 0.6) is 5.75 Å². The fraction of sp³-hybridized carbons (Fsp3) is 0.235. The molecular weight excluding hydrogens is 346 g/mol. The maximum atomic E-state index is 14.2. The number of nitrogens with one attached hydrogen (secondary N) is 2. The molecule has 1 aromatic carbocycles. The van der Waals surface area contributed by atoms with Crippen molar-refractivity contribution in [2.45, 2.75) is 13.3 Å². The van der Waals surface area contributed by atoms with Crippen LogP contribution in [0, 0.1) is 23.0 Å². The van der Waals surface area contributed by atoms with Gasteiger partial charge in [-0.15, -0.1) is 0 Å². The standard InChI is InChI=1S/C17H16F2N4OS/c1-2-24-14-6-5-13(18)12(15(14)19)7-9-22-17(25)23-16-11(10-20)4-3-8-21-16/h3-6,8H,2,7,9H2,1H3,(H2,21,22,23,25). The van der Waals surface area contributed by atoms with Gasteiger partial charge >= 0.3 is 0 Å². The van der Waals surface area contributed by atoms with Gasteiger partial charge in [0.15, 0.2) is 16.7 Å². The van der Waals surface area contributed by atoms with Crippen LogP contribution in [0.2, 0.25) is 0 Å². The number of aromatic nitrogens is 1. The van der Waals surface area contributed by atoms with Crippen molar-refractivity contribution < 1.29 is 13.5 Å². The van der Waals surface area contributed by atoms with Gasteiger partial charge in [0, 0.05) is 18.3 Å². The molecule has 1 heterocycles. The molecule has 0 atom stereocenters. The van der Waals surface area contributed by atoms with Gasteiger partial charge in [-0.3, -0.25) is 0 Å². The molecule has 2 aromatic rings. The Kier molecular flexibility index (Phi) is 6.60. The van der Waals surface area contributed by atoms with Crippen LogP contribution in [-0.2, 0) is 6.42 Å². The third kappa shape index (κ3) is 4.84. The first-order valence-corrected chi connectivity index (χ1v) is 7.97. The molecule has 0 unspecified atom stereocenters. The Labute approximate surface area is 149 Å². The van der Waals surface area contributed by atoms with Gasteiger partial charge in [-0.1, -0.05) is 0 Å². The summed E-state index contributed by atoms with van der Waals surface area (Å²) in [5, 5.41) is 14.8. The predicted octanol–water partition coefficient (Wildman–Crippen LogP) is 3.16. The molecule has 2 N–H and O–H groups in total. The van der Waals surface area contributed by atoms with E-state index in [9.17, 15) is 8.78 Å². The number of rotatable bonds is 6. The summed E-state index contributed by atoms with van der Waals surface area (Å²) in [5.41, 5.74) is 0.268. The molecule has 130 valence electrons. The summed E-state index contributed by atoms with van der Waals surface area (Å²) in [4.78, 5) is 4.02. The van der Waals surface area contributed by atoms with Crippen molar-refractivity contribution in [2.75, 3.05) is 18.5 Å². The molecule has 0 bridgehead atoms. The first kappa shape index (κ1) is 18.5. The maximum absolute atomic E-state index is 14.2. The molecule has 0 fully saturated rings. The molecule has 8 heteroatoms. The molecule has 2 rings (SSSR count). The summed E-state index contributed by atoms with van der Waals surface area (Å²) < 4.78 is 33.2. The lowest BCUT2D eigenvalue weighted by molar-refractivity contribution is 0.318. The summed E-state index contributed by atoms with van der Waals surface area (Å²) in [6.45, 7) is 2.21. The van der Waals surface area contributed by atoms with E-state index in [1.54, 1.807) is 19.1 Å². The molecular formula is C17H16F2N4OS. The molecule has 0 aliphatic carbocycles. The van der Waals surface area contributed by atoms with E-state index in [1.165, 1.54) is 18.3 Å². The highest BCUT2D eigenvalue weighted by Gasteiger charge is 2.14. The Bertz CT molecular complexity index is 808. The molecule has 0 saturated carbocycles. The lowest BCUT2D eigenvalue weighted by atomic mass is 10.1. The Morgan fingerprint density at radius 1 is 1.36 bits per heavy atom. The molecule has 0 amide bonds. The van der Waals surface area contributed by atoms with Gasteiger partial charge in [0.2, 0.25) is 0 Å². The quantitative estimate of drug-likeness (QED) is 0.770. The zero-order valence-corrected chi connectivity index (χ0v) is 14.3. The first-order chi connectivity index (χ1) is 12.1. The Balaban J connectivity index is 1.96. The maximum Gasteiger partial charge on any atom is 0.171 e. The lowest BCUT2D eigenvalue weighted by Crippen LogP contribution is -2.31. The highest BCUT2D eigenvalue weighted by molar-refractivity contribution is 7.80. The van der Waals surface area contributed by atoms with E-state index in [0.29, 0.717) is 18.0 Å². The number of nitriles is 1. The summed E-state index contributed by atoms with van der Waals surface area (Å²) in [6, 6.07) is 7.66. The van der Waals surface area contributed by atoms with Gasteiger partial charge in [0.1, 0.15) is 17.7 Å². The fourth-order valence-corrected chi connectivity index (χ4v) is 2.32. The van der Waals surface area contributed by atoms with Crippen molar-refractivity contribution in [3.05, 3.63) is 53.2 Å². The van der Waals surface area contributed by atoms with Crippen LogP contribution in [-0.4, -0.2) is 23.2 Å². The van der Waals surface area contributed by atoms with Crippen LogP contribution >= 0.6 is 12.2 Å². The smallest absolute Gasteiger partial charge is 0.171 e. The monoisotopic (exact) mass is 362 g/mol. The van der Waals surface area contributed by atoms with Gasteiger partial charge in [0.05, 0.1) is 12.2 Å². The van der Waals surface area contributed by atoms with Crippen molar-refractivity contribution in [1.82, 2.24) is 10.3 Å². The molecule has 5 nitrogen and oxygen atoms in total. The van der Waals surface area contributed by atoms with E-state index in [4.69, 9.17) is 22.2 Å². The second kappa shape index (κ2) is 8.89. The SMILES string of the molecule is CCOc1ccc(F)c(CCNC(=S)Nc2ncccc2C#N)c1F. The molecule has 0 aliphatic heterocycles. The van der Waals surface area contributed by atoms with E-state index in [1.807, 2.05) is 6.07 Å². The minimum absolute atomic E-state index is 0.0201. The number of nitrogens with zero attached hydrogens (tertiary/aromatic N) is 2. The highest BCUT2D eigenvalue weighted by atomic mass is 32.1. The number of anilines is 1. The van der Waals surface area contributed by atoms with Gasteiger partial charge in [0.25, 0.3) is 0 Å². The second-order valence-electron chi connectivity index (χ2n) is 4.91. The van der Waals surface area contributed by atoms with E-state index >= 15 is 0 Å². The summed E-state index contributed by atoms with van der Waals surface area (Å²) >= 11 is 5.11. The third-order valence-corrected chi connectivity index (χ3v) is 3.52. The third-order valence-electron chi connectivity index (χ3n) is 3.27. The Morgan fingerprint density at radius 2 is 2.16 bits per heavy atom. The van der Waals surface area contributed by atoms with Crippen molar-refractivity contribution >= 4 is 23.1 Å². The minimum atomic E-state index is -0.709. The van der Waals surface area contributed by atoms with E-state index < -0.39 is 11.6 Å². The molecule has 0 spiro atoms. The van der Waals surface area contributed by atoms with Crippen LogP contribution in [0.3, 0.4) is 0 Å². The topological polar surface area (TPSA) is 70.0 Å². The Morgan fingerprint density at radius 3 is 2.88 bits per heavy atom. The number of halogens is 2. The minimum Gasteiger partial charge on any atom is -0.491 e. The molecule has 25 heavy (non-hydrogen) atoms. The Hall–Kier alpha value is -2.79. The second-order valence-corrected chi connectivity index (χ2v) is 5.32. The zero-order valence-electron chi connectivity index (χ0n) is 13.5. The van der Waals surface area contributed by atoms with Crippen LogP contribution in [0.4, 0.5) is 14.6 Å². The van der Waals surface area contributed by atoms with Crippen LogP contribution in [0.25, 0.3) is 0 Å². The van der Waals surface area contributed by atoms with Gasteiger partial charge < -0.3 is 15.4 Å².